The highest BCUT2D eigenvalue weighted by atomic mass is 16.5. The summed E-state index contributed by atoms with van der Waals surface area (Å²) in [6.45, 7) is 1.82. The lowest BCUT2D eigenvalue weighted by atomic mass is 10.0. The minimum absolute atomic E-state index is 0.0863. The summed E-state index contributed by atoms with van der Waals surface area (Å²) in [5.41, 5.74) is 3.21. The Labute approximate surface area is 165 Å². The van der Waals surface area contributed by atoms with E-state index in [0.717, 1.165) is 37.1 Å². The lowest BCUT2D eigenvalue weighted by Gasteiger charge is -2.21. The number of ether oxygens (including phenoxy) is 1. The molecule has 2 saturated heterocycles. The number of hydrogen-bond donors (Lipinski definition) is 1. The molecule has 0 spiro atoms. The van der Waals surface area contributed by atoms with Crippen LogP contribution in [0.5, 0.6) is 0 Å². The van der Waals surface area contributed by atoms with Crippen molar-refractivity contribution in [1.29, 1.82) is 0 Å². The molecule has 0 saturated carbocycles. The summed E-state index contributed by atoms with van der Waals surface area (Å²) in [7, 11) is 0. The lowest BCUT2D eigenvalue weighted by Crippen LogP contribution is -2.40. The Morgan fingerprint density at radius 2 is 1.86 bits per heavy atom. The van der Waals surface area contributed by atoms with Crippen LogP contribution < -0.4 is 10.2 Å². The molecule has 4 rings (SSSR count). The maximum Gasteiger partial charge on any atom is 0.239 e. The molecule has 146 valence electrons. The van der Waals surface area contributed by atoms with E-state index in [0.29, 0.717) is 19.5 Å². The first-order chi connectivity index (χ1) is 13.7. The number of carbonyl (C=O) groups excluding carboxylic acids is 2. The molecule has 0 aliphatic carbocycles. The maximum atomic E-state index is 13.0. The first-order valence-corrected chi connectivity index (χ1v) is 10.0. The number of carbonyl (C=O) groups is 2. The monoisotopic (exact) mass is 378 g/mol. The standard InChI is InChI=1S/C23H26N2O3/c26-22(24-16-19-10-6-14-28-19)20-12-13-25(23(20)27)21-11-5-4-9-18(21)15-17-7-2-1-3-8-17/h1-5,7-9,11,19-20H,6,10,12-16H2,(H,24,26)/t19-,20+/m0/s1. The predicted octanol–water partition coefficient (Wildman–Crippen LogP) is 2.93. The van der Waals surface area contributed by atoms with E-state index in [-0.39, 0.29) is 17.9 Å². The third-order valence-electron chi connectivity index (χ3n) is 5.57. The number of benzene rings is 2. The Kier molecular flexibility index (Phi) is 5.72. The fraction of sp³-hybridized carbons (Fsp3) is 0.391. The van der Waals surface area contributed by atoms with Gasteiger partial charge in [0, 0.05) is 25.4 Å². The third-order valence-corrected chi connectivity index (χ3v) is 5.57. The average Bonchev–Trinajstić information content (AvgIpc) is 3.37. The summed E-state index contributed by atoms with van der Waals surface area (Å²) in [5, 5.41) is 2.91. The molecule has 1 N–H and O–H groups in total. The Balaban J connectivity index is 1.44. The van der Waals surface area contributed by atoms with Crippen LogP contribution in [0.25, 0.3) is 0 Å². The SMILES string of the molecule is O=C(NC[C@@H]1CCCO1)[C@H]1CCN(c2ccccc2Cc2ccccc2)C1=O. The Hall–Kier alpha value is -2.66. The van der Waals surface area contributed by atoms with E-state index >= 15 is 0 Å². The Morgan fingerprint density at radius 3 is 2.64 bits per heavy atom. The zero-order chi connectivity index (χ0) is 19.3. The highest BCUT2D eigenvalue weighted by Gasteiger charge is 2.38. The molecule has 2 aliphatic heterocycles. The summed E-state index contributed by atoms with van der Waals surface area (Å²) >= 11 is 0. The Bertz CT molecular complexity index is 831. The minimum atomic E-state index is -0.605. The van der Waals surface area contributed by atoms with Gasteiger partial charge in [0.25, 0.3) is 0 Å². The van der Waals surface area contributed by atoms with Gasteiger partial charge in [-0.25, -0.2) is 0 Å². The van der Waals surface area contributed by atoms with Gasteiger partial charge in [0.15, 0.2) is 0 Å². The van der Waals surface area contributed by atoms with Gasteiger partial charge in [0.1, 0.15) is 5.92 Å². The number of rotatable bonds is 6. The molecule has 28 heavy (non-hydrogen) atoms. The molecule has 0 aromatic heterocycles. The molecule has 2 aliphatic rings. The van der Waals surface area contributed by atoms with Crippen molar-refractivity contribution in [2.45, 2.75) is 31.8 Å². The molecule has 2 atom stereocenters. The highest BCUT2D eigenvalue weighted by molar-refractivity contribution is 6.09. The molecular weight excluding hydrogens is 352 g/mol. The minimum Gasteiger partial charge on any atom is -0.376 e. The van der Waals surface area contributed by atoms with Crippen molar-refractivity contribution in [3.05, 3.63) is 65.7 Å². The van der Waals surface area contributed by atoms with E-state index < -0.39 is 5.92 Å². The van der Waals surface area contributed by atoms with Crippen molar-refractivity contribution in [3.8, 4) is 0 Å². The van der Waals surface area contributed by atoms with E-state index in [1.54, 1.807) is 4.90 Å². The Morgan fingerprint density at radius 1 is 1.07 bits per heavy atom. The van der Waals surface area contributed by atoms with Crippen LogP contribution in [0.3, 0.4) is 0 Å². The van der Waals surface area contributed by atoms with Crippen molar-refractivity contribution < 1.29 is 14.3 Å². The summed E-state index contributed by atoms with van der Waals surface area (Å²) in [6, 6.07) is 18.2. The summed E-state index contributed by atoms with van der Waals surface area (Å²) in [6.07, 6.45) is 3.40. The molecule has 2 fully saturated rings. The number of hydrogen-bond acceptors (Lipinski definition) is 3. The van der Waals surface area contributed by atoms with Crippen LogP contribution in [0.15, 0.2) is 54.6 Å². The van der Waals surface area contributed by atoms with E-state index in [4.69, 9.17) is 4.74 Å². The van der Waals surface area contributed by atoms with Crippen LogP contribution in [-0.4, -0.2) is 37.6 Å². The summed E-state index contributed by atoms with van der Waals surface area (Å²) in [4.78, 5) is 27.3. The van der Waals surface area contributed by atoms with Crippen LogP contribution in [0, 0.1) is 5.92 Å². The molecule has 0 unspecified atom stereocenters. The lowest BCUT2D eigenvalue weighted by molar-refractivity contribution is -0.132. The second-order valence-corrected chi connectivity index (χ2v) is 7.50. The molecule has 0 radical (unpaired) electrons. The normalized spacial score (nSPS) is 21.9. The van der Waals surface area contributed by atoms with Gasteiger partial charge in [-0.1, -0.05) is 48.5 Å². The van der Waals surface area contributed by atoms with Gasteiger partial charge in [0.05, 0.1) is 6.10 Å². The average molecular weight is 378 g/mol. The van der Waals surface area contributed by atoms with Gasteiger partial charge in [-0.2, -0.15) is 0 Å². The molecule has 2 aromatic rings. The van der Waals surface area contributed by atoms with Crippen molar-refractivity contribution in [2.24, 2.45) is 5.92 Å². The van der Waals surface area contributed by atoms with Gasteiger partial charge in [-0.15, -0.1) is 0 Å². The van der Waals surface area contributed by atoms with Gasteiger partial charge in [-0.3, -0.25) is 9.59 Å². The largest absolute Gasteiger partial charge is 0.376 e. The number of anilines is 1. The van der Waals surface area contributed by atoms with Gasteiger partial charge >= 0.3 is 0 Å². The highest BCUT2D eigenvalue weighted by Crippen LogP contribution is 2.30. The third kappa shape index (κ3) is 4.09. The number of nitrogens with zero attached hydrogens (tertiary/aromatic N) is 1. The fourth-order valence-electron chi connectivity index (χ4n) is 4.04. The molecule has 2 amide bonds. The number of amides is 2. The van der Waals surface area contributed by atoms with Gasteiger partial charge in [0.2, 0.25) is 11.8 Å². The summed E-state index contributed by atoms with van der Waals surface area (Å²) in [5.74, 6) is -0.889. The van der Waals surface area contributed by atoms with Gasteiger partial charge in [-0.05, 0) is 42.9 Å². The van der Waals surface area contributed by atoms with Crippen LogP contribution in [-0.2, 0) is 20.7 Å². The topological polar surface area (TPSA) is 58.6 Å². The van der Waals surface area contributed by atoms with Crippen LogP contribution >= 0.6 is 0 Å². The molecule has 0 bridgehead atoms. The molecule has 2 aromatic carbocycles. The van der Waals surface area contributed by atoms with E-state index in [9.17, 15) is 9.59 Å². The molecular formula is C23H26N2O3. The second-order valence-electron chi connectivity index (χ2n) is 7.50. The van der Waals surface area contributed by atoms with E-state index in [1.807, 2.05) is 36.4 Å². The van der Waals surface area contributed by atoms with Crippen molar-refractivity contribution in [2.75, 3.05) is 24.6 Å². The molecule has 2 heterocycles. The van der Waals surface area contributed by atoms with E-state index in [2.05, 4.69) is 23.5 Å². The number of nitrogens with one attached hydrogen (secondary N) is 1. The summed E-state index contributed by atoms with van der Waals surface area (Å²) < 4.78 is 5.55. The first-order valence-electron chi connectivity index (χ1n) is 10.0. The quantitative estimate of drug-likeness (QED) is 0.787. The smallest absolute Gasteiger partial charge is 0.239 e. The fourth-order valence-corrected chi connectivity index (χ4v) is 4.04. The van der Waals surface area contributed by atoms with Crippen LogP contribution in [0.2, 0.25) is 0 Å². The molecule has 5 nitrogen and oxygen atoms in total. The maximum absolute atomic E-state index is 13.0. The second kappa shape index (κ2) is 8.57. The first kappa shape index (κ1) is 18.7. The number of para-hydroxylation sites is 1. The zero-order valence-corrected chi connectivity index (χ0v) is 16.0. The van der Waals surface area contributed by atoms with Crippen molar-refractivity contribution in [1.82, 2.24) is 5.32 Å². The van der Waals surface area contributed by atoms with Crippen molar-refractivity contribution in [3.63, 3.8) is 0 Å². The van der Waals surface area contributed by atoms with Crippen LogP contribution in [0.1, 0.15) is 30.4 Å². The van der Waals surface area contributed by atoms with Crippen LogP contribution in [0.4, 0.5) is 5.69 Å². The van der Waals surface area contributed by atoms with Gasteiger partial charge < -0.3 is 15.0 Å². The van der Waals surface area contributed by atoms with E-state index in [1.165, 1.54) is 5.56 Å². The van der Waals surface area contributed by atoms with Crippen molar-refractivity contribution >= 4 is 17.5 Å². The predicted molar refractivity (Wildman–Crippen MR) is 108 cm³/mol. The zero-order valence-electron chi connectivity index (χ0n) is 16.0. The molecule has 5 heteroatoms.